The van der Waals surface area contributed by atoms with Gasteiger partial charge in [0.2, 0.25) is 0 Å². The summed E-state index contributed by atoms with van der Waals surface area (Å²) in [4.78, 5) is 0. The zero-order valence-corrected chi connectivity index (χ0v) is 9.74. The van der Waals surface area contributed by atoms with Crippen molar-refractivity contribution in [2.75, 3.05) is 0 Å². The molecule has 0 aliphatic heterocycles. The number of hydrogen-bond acceptors (Lipinski definition) is 0. The Kier molecular flexibility index (Phi) is 7.42. The van der Waals surface area contributed by atoms with Gasteiger partial charge in [0.05, 0.1) is 0 Å². The third-order valence-corrected chi connectivity index (χ3v) is 2.24. The van der Waals surface area contributed by atoms with Crippen LogP contribution in [-0.2, 0) is 0 Å². The number of rotatable bonds is 2. The molecule has 0 aliphatic carbocycles. The van der Waals surface area contributed by atoms with Gasteiger partial charge < -0.3 is 0 Å². The summed E-state index contributed by atoms with van der Waals surface area (Å²) in [5.74, 6) is 0. The van der Waals surface area contributed by atoms with Gasteiger partial charge in [-0.1, -0.05) is 0 Å². The summed E-state index contributed by atoms with van der Waals surface area (Å²) in [6.07, 6.45) is 1.38. The molecule has 2 heteroatoms. The second kappa shape index (κ2) is 5.61. The Morgan fingerprint density at radius 3 is 2.20 bits per heavy atom. The van der Waals surface area contributed by atoms with E-state index >= 15 is 0 Å². The van der Waals surface area contributed by atoms with E-state index in [2.05, 4.69) is 3.76 Å². The predicted molar refractivity (Wildman–Crippen MR) is 27.0 cm³/mol. The van der Waals surface area contributed by atoms with Crippen molar-refractivity contribution < 1.29 is 0 Å². The molecule has 0 fully saturated rings. The molecular weight excluding hydrogens is 266 g/mol. The molecule has 3 radical (unpaired) electrons. The number of hydrogen-bond donors (Lipinski definition) is 0. The third-order valence-electron chi connectivity index (χ3n) is 0.333. The van der Waals surface area contributed by atoms with Crippen molar-refractivity contribution in [1.29, 1.82) is 0 Å². The predicted octanol–water partition coefficient (Wildman–Crippen LogP) is -0.0660. The second-order valence-electron chi connectivity index (χ2n) is 0.813. The second-order valence-corrected chi connectivity index (χ2v) is 3.81. The van der Waals surface area contributed by atoms with E-state index in [9.17, 15) is 0 Å². The van der Waals surface area contributed by atoms with Crippen LogP contribution in [0.5, 0.6) is 0 Å². The minimum atomic E-state index is 1.35. The van der Waals surface area contributed by atoms with E-state index in [0.29, 0.717) is 0 Å². The molecule has 5 heavy (non-hydrogen) atoms. The van der Waals surface area contributed by atoms with Crippen molar-refractivity contribution >= 4 is 52.0 Å². The van der Waals surface area contributed by atoms with Gasteiger partial charge in [0.15, 0.2) is 0 Å². The molecule has 0 heterocycles. The summed E-state index contributed by atoms with van der Waals surface area (Å²) in [5.41, 5.74) is 0. The van der Waals surface area contributed by atoms with Crippen LogP contribution in [0.3, 0.4) is 0 Å². The average molecular weight is 271 g/mol. The van der Waals surface area contributed by atoms with Crippen molar-refractivity contribution in [3.63, 3.8) is 0 Å². The van der Waals surface area contributed by atoms with Crippen LogP contribution in [0.1, 0.15) is 6.42 Å². The summed E-state index contributed by atoms with van der Waals surface area (Å²) in [6, 6.07) is 0. The van der Waals surface area contributed by atoms with Crippen molar-refractivity contribution in [2.24, 2.45) is 0 Å². The van der Waals surface area contributed by atoms with Gasteiger partial charge in [-0.15, -0.1) is 0 Å². The van der Waals surface area contributed by atoms with Crippen LogP contribution in [0, 0.1) is 0 Å². The monoisotopic (exact) mass is 271 g/mol. The Morgan fingerprint density at radius 2 is 2.20 bits per heavy atom. The molecule has 0 aromatic heterocycles. The molecule has 0 N–H and O–H groups in total. The average Bonchev–Trinajstić information content (AvgIpc) is 1.41. The van der Waals surface area contributed by atoms with Gasteiger partial charge in [-0.2, -0.15) is 0 Å². The first-order valence-electron chi connectivity index (χ1n) is 1.65. The summed E-state index contributed by atoms with van der Waals surface area (Å²) in [7, 11) is 0. The topological polar surface area (TPSA) is 0 Å². The third kappa shape index (κ3) is 5.61. The quantitative estimate of drug-likeness (QED) is 0.659. The van der Waals surface area contributed by atoms with Gasteiger partial charge in [-0.05, 0) is 0 Å². The van der Waals surface area contributed by atoms with Gasteiger partial charge in [0, 0.05) is 0 Å². The SMILES string of the molecule is [In][CH2]C[CH]=[In]. The molecule has 0 amide bonds. The fraction of sp³-hybridized carbons (Fsp3) is 0.667. The van der Waals surface area contributed by atoms with Gasteiger partial charge in [0.25, 0.3) is 0 Å². The van der Waals surface area contributed by atoms with E-state index in [4.69, 9.17) is 0 Å². The summed E-state index contributed by atoms with van der Waals surface area (Å²) < 4.78 is 3.79. The Morgan fingerprint density at radius 1 is 1.60 bits per heavy atom. The van der Waals surface area contributed by atoms with Gasteiger partial charge >= 0.3 is 62.6 Å². The van der Waals surface area contributed by atoms with Crippen LogP contribution in [0.4, 0.5) is 0 Å². The first-order valence-corrected chi connectivity index (χ1v) is 5.88. The Balaban J connectivity index is 2.40. The minimum absolute atomic E-state index is 1.35. The van der Waals surface area contributed by atoms with Crippen molar-refractivity contribution in [1.82, 2.24) is 0 Å². The first-order chi connectivity index (χ1) is 2.41. The summed E-state index contributed by atoms with van der Waals surface area (Å²) in [6.45, 7) is 0. The van der Waals surface area contributed by atoms with E-state index < -0.39 is 0 Å². The zero-order valence-electron chi connectivity index (χ0n) is 3.15. The van der Waals surface area contributed by atoms with Crippen LogP contribution < -0.4 is 0 Å². The van der Waals surface area contributed by atoms with Crippen LogP contribution in [0.15, 0.2) is 0 Å². The summed E-state index contributed by atoms with van der Waals surface area (Å²) >= 11 is 2.79. The maximum absolute atomic E-state index is 2.34. The molecule has 0 bridgehead atoms. The van der Waals surface area contributed by atoms with Gasteiger partial charge in [-0.3, -0.25) is 0 Å². The fourth-order valence-corrected chi connectivity index (χ4v) is 4.33. The molecule has 23 valence electrons. The molecule has 0 aliphatic rings. The van der Waals surface area contributed by atoms with E-state index in [1.807, 2.05) is 0 Å². The molecule has 0 nitrogen and oxygen atoms in total. The van der Waals surface area contributed by atoms with Gasteiger partial charge in [-0.25, -0.2) is 0 Å². The molecule has 0 unspecified atom stereocenters. The van der Waals surface area contributed by atoms with E-state index in [-0.39, 0.29) is 0 Å². The van der Waals surface area contributed by atoms with Crippen LogP contribution >= 0.6 is 0 Å². The van der Waals surface area contributed by atoms with Crippen LogP contribution in [0.25, 0.3) is 0 Å². The molecule has 0 spiro atoms. The standard InChI is InChI=1S/C3H5.2In/c1-3-2;;/h1H,2-3H2;;. The molecule has 0 aromatic carbocycles. The van der Waals surface area contributed by atoms with E-state index in [1.54, 1.807) is 0 Å². The van der Waals surface area contributed by atoms with Crippen molar-refractivity contribution in [3.05, 3.63) is 0 Å². The van der Waals surface area contributed by atoms with Crippen LogP contribution in [0.2, 0.25) is 4.18 Å². The molecule has 0 rings (SSSR count). The molecular formula is C3H5In2. The Hall–Kier alpha value is 1.61. The fourth-order valence-electron chi connectivity index (χ4n) is 0.0962. The summed E-state index contributed by atoms with van der Waals surface area (Å²) in [5, 5.41) is 0. The zero-order chi connectivity index (χ0) is 4.12. The molecule has 0 saturated heterocycles. The molecule has 0 aromatic rings. The first kappa shape index (κ1) is 6.61. The molecule has 0 saturated carbocycles. The van der Waals surface area contributed by atoms with E-state index in [0.717, 1.165) is 0 Å². The van der Waals surface area contributed by atoms with Crippen molar-refractivity contribution in [2.45, 2.75) is 10.6 Å². The van der Waals surface area contributed by atoms with Gasteiger partial charge in [0.1, 0.15) is 0 Å². The Bertz CT molecular complexity index is 26.1. The van der Waals surface area contributed by atoms with Crippen molar-refractivity contribution in [3.8, 4) is 0 Å². The van der Waals surface area contributed by atoms with E-state index in [1.165, 1.54) is 58.9 Å². The Labute approximate surface area is 62.0 Å². The normalized spacial score (nSPS) is 7.00. The van der Waals surface area contributed by atoms with Crippen LogP contribution in [-0.4, -0.2) is 52.0 Å². The maximum atomic E-state index is 2.34. The molecule has 0 atom stereocenters.